The van der Waals surface area contributed by atoms with Gasteiger partial charge in [-0.1, -0.05) is 6.07 Å². The minimum Gasteiger partial charge on any atom is -0.476 e. The van der Waals surface area contributed by atoms with E-state index in [9.17, 15) is 9.59 Å². The molecule has 6 rings (SSSR count). The number of carbonyl (C=O) groups excluding carboxylic acids is 2. The molecule has 0 bridgehead atoms. The van der Waals surface area contributed by atoms with Gasteiger partial charge >= 0.3 is 6.09 Å². The van der Waals surface area contributed by atoms with Crippen LogP contribution in [-0.2, 0) is 16.0 Å². The van der Waals surface area contributed by atoms with E-state index in [1.165, 1.54) is 0 Å². The molecule has 2 amide bonds. The van der Waals surface area contributed by atoms with E-state index in [4.69, 9.17) is 9.47 Å². The maximum atomic E-state index is 12.3. The van der Waals surface area contributed by atoms with E-state index in [0.29, 0.717) is 29.6 Å². The number of ether oxygens (including phenoxy) is 2. The Morgan fingerprint density at radius 1 is 1.09 bits per heavy atom. The fraction of sp³-hybridized carbons (Fsp3) is 0.280. The van der Waals surface area contributed by atoms with Crippen LogP contribution in [0.3, 0.4) is 0 Å². The molecule has 178 valence electrons. The van der Waals surface area contributed by atoms with Crippen molar-refractivity contribution in [1.29, 1.82) is 0 Å². The van der Waals surface area contributed by atoms with Gasteiger partial charge in [-0.3, -0.25) is 4.79 Å². The molecule has 1 fully saturated rings. The van der Waals surface area contributed by atoms with E-state index in [2.05, 4.69) is 31.2 Å². The summed E-state index contributed by atoms with van der Waals surface area (Å²) in [5.41, 5.74) is 4.31. The molecule has 10 heteroatoms. The Bertz CT molecular complexity index is 1390. The summed E-state index contributed by atoms with van der Waals surface area (Å²) in [6.07, 6.45) is 1.91. The van der Waals surface area contributed by atoms with E-state index >= 15 is 0 Å². The Labute approximate surface area is 201 Å². The van der Waals surface area contributed by atoms with Crippen molar-refractivity contribution in [3.05, 3.63) is 59.3 Å². The van der Waals surface area contributed by atoms with Crippen LogP contribution < -0.4 is 26.0 Å². The monoisotopic (exact) mass is 472 g/mol. The normalized spacial score (nSPS) is 21.0. The highest BCUT2D eigenvalue weighted by Crippen LogP contribution is 2.39. The number of anilines is 5. The number of nitrogens with zero attached hydrogens (tertiary/aromatic N) is 2. The first-order valence-electron chi connectivity index (χ1n) is 11.4. The van der Waals surface area contributed by atoms with E-state index in [-0.39, 0.29) is 24.1 Å². The van der Waals surface area contributed by atoms with Crippen LogP contribution in [0.15, 0.2) is 42.6 Å². The largest absolute Gasteiger partial charge is 0.476 e. The first-order chi connectivity index (χ1) is 16.7. The number of nitrogens with one attached hydrogen (secondary N) is 4. The summed E-state index contributed by atoms with van der Waals surface area (Å²) in [5.74, 6) is 1.47. The molecular formula is C25H24N6O4. The van der Waals surface area contributed by atoms with Crippen LogP contribution in [0.1, 0.15) is 36.6 Å². The number of rotatable bonds is 4. The number of alkyl carbamates (subject to hydrolysis) is 1. The third-order valence-corrected chi connectivity index (χ3v) is 6.44. The Morgan fingerprint density at radius 3 is 2.74 bits per heavy atom. The predicted molar refractivity (Wildman–Crippen MR) is 129 cm³/mol. The second-order valence-corrected chi connectivity index (χ2v) is 9.44. The summed E-state index contributed by atoms with van der Waals surface area (Å²) in [7, 11) is 0. The van der Waals surface area contributed by atoms with Gasteiger partial charge in [-0.25, -0.2) is 9.78 Å². The van der Waals surface area contributed by atoms with E-state index in [1.54, 1.807) is 20.0 Å². The van der Waals surface area contributed by atoms with Crippen molar-refractivity contribution in [1.82, 2.24) is 15.3 Å². The average molecular weight is 473 g/mol. The van der Waals surface area contributed by atoms with Gasteiger partial charge in [0.25, 0.3) is 5.91 Å². The summed E-state index contributed by atoms with van der Waals surface area (Å²) in [5, 5.41) is 12.3. The zero-order valence-electron chi connectivity index (χ0n) is 19.4. The summed E-state index contributed by atoms with van der Waals surface area (Å²) in [6.45, 7) is 5.37. The summed E-state index contributed by atoms with van der Waals surface area (Å²) in [4.78, 5) is 32.9. The fourth-order valence-electron chi connectivity index (χ4n) is 4.54. The lowest BCUT2D eigenvalue weighted by molar-refractivity contribution is -0.129. The SMILES string of the molecule is Cc1cnc(Nc2ccc3c(c2)[C@H]2NC(=O)O[C@H]2C3)nc1Nc1ccc2c(c1)NC(=O)C(C)(C)O2. The molecule has 0 spiro atoms. The topological polar surface area (TPSA) is 127 Å². The van der Waals surface area contributed by atoms with Crippen molar-refractivity contribution in [2.75, 3.05) is 16.0 Å². The molecule has 2 atom stereocenters. The van der Waals surface area contributed by atoms with Crippen LogP contribution in [0, 0.1) is 6.92 Å². The van der Waals surface area contributed by atoms with Gasteiger partial charge in [-0.15, -0.1) is 0 Å². The van der Waals surface area contributed by atoms with Gasteiger partial charge in [-0.05, 0) is 62.2 Å². The van der Waals surface area contributed by atoms with Gasteiger partial charge in [0.15, 0.2) is 5.60 Å². The molecule has 1 saturated heterocycles. The number of hydrogen-bond acceptors (Lipinski definition) is 8. The average Bonchev–Trinajstić information content (AvgIpc) is 3.33. The van der Waals surface area contributed by atoms with Gasteiger partial charge in [0.1, 0.15) is 17.7 Å². The molecule has 1 aliphatic carbocycles. The Kier molecular flexibility index (Phi) is 4.60. The van der Waals surface area contributed by atoms with Crippen molar-refractivity contribution in [2.45, 2.75) is 44.9 Å². The van der Waals surface area contributed by atoms with Crippen LogP contribution in [-0.4, -0.2) is 33.7 Å². The van der Waals surface area contributed by atoms with Crippen LogP contribution in [0.5, 0.6) is 5.75 Å². The fourth-order valence-corrected chi connectivity index (χ4v) is 4.54. The lowest BCUT2D eigenvalue weighted by Crippen LogP contribution is -2.45. The summed E-state index contributed by atoms with van der Waals surface area (Å²) < 4.78 is 11.1. The molecule has 3 aromatic rings. The number of benzene rings is 2. The molecule has 35 heavy (non-hydrogen) atoms. The van der Waals surface area contributed by atoms with Crippen LogP contribution in [0.25, 0.3) is 0 Å². The molecule has 0 unspecified atom stereocenters. The molecule has 2 aromatic carbocycles. The van der Waals surface area contributed by atoms with Gasteiger partial charge in [-0.2, -0.15) is 4.98 Å². The number of hydrogen-bond donors (Lipinski definition) is 4. The second kappa shape index (κ2) is 7.59. The highest BCUT2D eigenvalue weighted by molar-refractivity contribution is 6.00. The van der Waals surface area contributed by atoms with Gasteiger partial charge < -0.3 is 30.7 Å². The van der Waals surface area contributed by atoms with Crippen molar-refractivity contribution in [3.63, 3.8) is 0 Å². The zero-order valence-corrected chi connectivity index (χ0v) is 19.4. The quantitative estimate of drug-likeness (QED) is 0.447. The van der Waals surface area contributed by atoms with E-state index in [1.807, 2.05) is 43.3 Å². The molecule has 1 aromatic heterocycles. The molecule has 0 saturated carbocycles. The van der Waals surface area contributed by atoms with Crippen LogP contribution in [0.2, 0.25) is 0 Å². The van der Waals surface area contributed by atoms with Gasteiger partial charge in [0, 0.05) is 29.6 Å². The first kappa shape index (κ1) is 21.2. The van der Waals surface area contributed by atoms with Crippen LogP contribution >= 0.6 is 0 Å². The van der Waals surface area contributed by atoms with Gasteiger partial charge in [0.2, 0.25) is 5.95 Å². The van der Waals surface area contributed by atoms with Crippen LogP contribution in [0.4, 0.5) is 33.6 Å². The third-order valence-electron chi connectivity index (χ3n) is 6.44. The highest BCUT2D eigenvalue weighted by Gasteiger charge is 2.41. The third kappa shape index (κ3) is 3.76. The maximum absolute atomic E-state index is 12.3. The number of aryl methyl sites for hydroxylation is 1. The van der Waals surface area contributed by atoms with Crippen molar-refractivity contribution in [2.24, 2.45) is 0 Å². The predicted octanol–water partition coefficient (Wildman–Crippen LogP) is 4.09. The number of amides is 2. The zero-order chi connectivity index (χ0) is 24.3. The Hall–Kier alpha value is -4.34. The lowest BCUT2D eigenvalue weighted by Gasteiger charge is -2.31. The summed E-state index contributed by atoms with van der Waals surface area (Å²) >= 11 is 0. The first-order valence-corrected chi connectivity index (χ1v) is 11.4. The number of fused-ring (bicyclic) bond motifs is 4. The minimum absolute atomic E-state index is 0.130. The molecule has 3 heterocycles. The Morgan fingerprint density at radius 2 is 1.89 bits per heavy atom. The Balaban J connectivity index is 1.22. The molecule has 0 radical (unpaired) electrons. The number of carbonyl (C=O) groups is 2. The molecule has 2 aliphatic heterocycles. The standard InChI is InChI=1S/C25H24N6O4/c1-12-11-26-23(28-14-5-4-13-8-19-20(16(13)9-14)30-24(33)34-19)31-21(12)27-15-6-7-18-17(10-15)29-22(32)25(2,3)35-18/h4-7,9-11,19-20H,8H2,1-3H3,(H,29,32)(H,30,33)(H2,26,27,28,31)/t19-,20+/m0/s1. The maximum Gasteiger partial charge on any atom is 0.408 e. The number of aromatic nitrogens is 2. The minimum atomic E-state index is -0.916. The smallest absolute Gasteiger partial charge is 0.408 e. The molecule has 4 N–H and O–H groups in total. The van der Waals surface area contributed by atoms with E-state index in [0.717, 1.165) is 28.1 Å². The van der Waals surface area contributed by atoms with Crippen molar-refractivity contribution < 1.29 is 19.1 Å². The lowest BCUT2D eigenvalue weighted by atomic mass is 10.1. The summed E-state index contributed by atoms with van der Waals surface area (Å²) in [6, 6.07) is 11.4. The van der Waals surface area contributed by atoms with Gasteiger partial charge in [0.05, 0.1) is 11.7 Å². The molecule has 3 aliphatic rings. The van der Waals surface area contributed by atoms with Crippen molar-refractivity contribution in [3.8, 4) is 5.75 Å². The van der Waals surface area contributed by atoms with E-state index < -0.39 is 5.60 Å². The van der Waals surface area contributed by atoms with Crippen molar-refractivity contribution >= 4 is 40.8 Å². The second-order valence-electron chi connectivity index (χ2n) is 9.44. The highest BCUT2D eigenvalue weighted by atomic mass is 16.6. The molecular weight excluding hydrogens is 448 g/mol. The molecule has 10 nitrogen and oxygen atoms in total.